The van der Waals surface area contributed by atoms with Crippen molar-refractivity contribution in [3.63, 3.8) is 0 Å². The molecule has 0 atom stereocenters. The highest BCUT2D eigenvalue weighted by Gasteiger charge is 2.10. The van der Waals surface area contributed by atoms with E-state index >= 15 is 0 Å². The van der Waals surface area contributed by atoms with Crippen molar-refractivity contribution in [1.29, 1.82) is 0 Å². The molecule has 0 aliphatic rings. The highest BCUT2D eigenvalue weighted by atomic mass is 35.5. The maximum Gasteiger partial charge on any atom is 0.270 e. The van der Waals surface area contributed by atoms with Gasteiger partial charge in [-0.3, -0.25) is 10.1 Å². The van der Waals surface area contributed by atoms with Crippen molar-refractivity contribution in [2.75, 3.05) is 0 Å². The molecule has 0 N–H and O–H groups in total. The van der Waals surface area contributed by atoms with Gasteiger partial charge in [0.05, 0.1) is 4.92 Å². The Bertz CT molecular complexity index is 602. The molecule has 0 bridgehead atoms. The molecule has 0 saturated heterocycles. The van der Waals surface area contributed by atoms with Crippen LogP contribution >= 0.6 is 11.6 Å². The summed E-state index contributed by atoms with van der Waals surface area (Å²) in [5.74, 6) is 0.406. The predicted molar refractivity (Wildman–Crippen MR) is 68.5 cm³/mol. The number of nitrogens with zero attached hydrogens (tertiary/aromatic N) is 3. The number of hydrogen-bond acceptors (Lipinski definition) is 4. The Balaban J connectivity index is 2.51. The highest BCUT2D eigenvalue weighted by Crippen LogP contribution is 2.22. The summed E-state index contributed by atoms with van der Waals surface area (Å²) < 4.78 is 0. The summed E-state index contributed by atoms with van der Waals surface area (Å²) in [6, 6.07) is 7.86. The zero-order valence-electron chi connectivity index (χ0n) is 9.63. The van der Waals surface area contributed by atoms with Crippen LogP contribution in [0.15, 0.2) is 30.3 Å². The van der Waals surface area contributed by atoms with Crippen molar-refractivity contribution in [3.05, 3.63) is 51.3 Å². The minimum absolute atomic E-state index is 0.00845. The van der Waals surface area contributed by atoms with Crippen LogP contribution in [0.5, 0.6) is 0 Å². The van der Waals surface area contributed by atoms with Crippen molar-refractivity contribution < 1.29 is 4.92 Å². The van der Waals surface area contributed by atoms with Crippen LogP contribution in [0.4, 0.5) is 5.69 Å². The van der Waals surface area contributed by atoms with E-state index < -0.39 is 4.92 Å². The molecule has 0 aliphatic heterocycles. The van der Waals surface area contributed by atoms with Crippen molar-refractivity contribution in [3.8, 4) is 11.4 Å². The average Bonchev–Trinajstić information content (AvgIpc) is 2.38. The highest BCUT2D eigenvalue weighted by molar-refractivity contribution is 6.29. The van der Waals surface area contributed by atoms with Crippen LogP contribution in [0, 0.1) is 10.1 Å². The van der Waals surface area contributed by atoms with E-state index in [-0.39, 0.29) is 5.69 Å². The molecule has 18 heavy (non-hydrogen) atoms. The predicted octanol–water partition coefficient (Wildman–Crippen LogP) is 3.27. The summed E-state index contributed by atoms with van der Waals surface area (Å²) in [7, 11) is 0. The first-order valence-electron chi connectivity index (χ1n) is 5.38. The fourth-order valence-corrected chi connectivity index (χ4v) is 1.74. The van der Waals surface area contributed by atoms with Crippen LogP contribution in [0.1, 0.15) is 12.6 Å². The summed E-state index contributed by atoms with van der Waals surface area (Å²) in [6.45, 7) is 1.95. The molecule has 2 aromatic rings. The molecule has 6 heteroatoms. The lowest BCUT2D eigenvalue weighted by Gasteiger charge is -2.03. The lowest BCUT2D eigenvalue weighted by molar-refractivity contribution is -0.384. The molecule has 0 radical (unpaired) electrons. The first kappa shape index (κ1) is 12.4. The number of aromatic nitrogens is 2. The molecule has 0 aliphatic carbocycles. The fourth-order valence-electron chi connectivity index (χ4n) is 1.53. The second-order valence-electron chi connectivity index (χ2n) is 3.67. The Morgan fingerprint density at radius 1 is 1.33 bits per heavy atom. The van der Waals surface area contributed by atoms with Crippen LogP contribution < -0.4 is 0 Å². The van der Waals surface area contributed by atoms with Crippen LogP contribution in [-0.2, 0) is 6.42 Å². The van der Waals surface area contributed by atoms with Crippen LogP contribution in [0.25, 0.3) is 11.4 Å². The van der Waals surface area contributed by atoms with Gasteiger partial charge in [-0.1, -0.05) is 30.7 Å². The van der Waals surface area contributed by atoms with Crippen molar-refractivity contribution in [2.45, 2.75) is 13.3 Å². The minimum Gasteiger partial charge on any atom is -0.258 e. The van der Waals surface area contributed by atoms with Crippen LogP contribution in [0.2, 0.25) is 5.15 Å². The quantitative estimate of drug-likeness (QED) is 0.484. The molecule has 2 rings (SSSR count). The van der Waals surface area contributed by atoms with Gasteiger partial charge in [-0.15, -0.1) is 0 Å². The molecule has 0 amide bonds. The average molecular weight is 264 g/mol. The van der Waals surface area contributed by atoms with E-state index in [1.54, 1.807) is 18.2 Å². The fraction of sp³-hybridized carbons (Fsp3) is 0.167. The maximum atomic E-state index is 10.7. The first-order valence-corrected chi connectivity index (χ1v) is 5.76. The number of non-ortho nitro benzene ring substituents is 1. The van der Waals surface area contributed by atoms with E-state index in [2.05, 4.69) is 9.97 Å². The SMILES string of the molecule is CCc1cc(Cl)nc(-c2cccc([N+](=O)[O-])c2)n1. The second kappa shape index (κ2) is 5.10. The number of rotatable bonds is 3. The van der Waals surface area contributed by atoms with Crippen molar-refractivity contribution >= 4 is 17.3 Å². The number of benzene rings is 1. The maximum absolute atomic E-state index is 10.7. The largest absolute Gasteiger partial charge is 0.270 e. The standard InChI is InChI=1S/C12H10ClN3O2/c1-2-9-7-11(13)15-12(14-9)8-4-3-5-10(6-8)16(17)18/h3-7H,2H2,1H3. The zero-order chi connectivity index (χ0) is 13.1. The smallest absolute Gasteiger partial charge is 0.258 e. The number of halogens is 1. The Morgan fingerprint density at radius 2 is 2.11 bits per heavy atom. The van der Waals surface area contributed by atoms with Crippen molar-refractivity contribution in [2.24, 2.45) is 0 Å². The van der Waals surface area contributed by atoms with Gasteiger partial charge >= 0.3 is 0 Å². The van der Waals surface area contributed by atoms with Gasteiger partial charge in [-0.05, 0) is 12.5 Å². The Labute approximate surface area is 109 Å². The number of nitro benzene ring substituents is 1. The summed E-state index contributed by atoms with van der Waals surface area (Å²) in [5.41, 5.74) is 1.40. The van der Waals surface area contributed by atoms with E-state index in [0.717, 1.165) is 12.1 Å². The van der Waals surface area contributed by atoms with E-state index in [9.17, 15) is 10.1 Å². The van der Waals surface area contributed by atoms with Gasteiger partial charge in [0.1, 0.15) is 5.15 Å². The molecule has 1 heterocycles. The third-order valence-electron chi connectivity index (χ3n) is 2.43. The molecule has 1 aromatic carbocycles. The van der Waals surface area contributed by atoms with Gasteiger partial charge in [-0.2, -0.15) is 0 Å². The lowest BCUT2D eigenvalue weighted by Crippen LogP contribution is -1.96. The van der Waals surface area contributed by atoms with Gasteiger partial charge in [0.25, 0.3) is 5.69 Å². The van der Waals surface area contributed by atoms with Crippen LogP contribution in [0.3, 0.4) is 0 Å². The topological polar surface area (TPSA) is 68.9 Å². The monoisotopic (exact) mass is 263 g/mol. The molecular formula is C12H10ClN3O2. The Morgan fingerprint density at radius 3 is 2.78 bits per heavy atom. The van der Waals surface area contributed by atoms with Crippen molar-refractivity contribution in [1.82, 2.24) is 9.97 Å². The molecule has 92 valence electrons. The normalized spacial score (nSPS) is 10.3. The van der Waals surface area contributed by atoms with Gasteiger partial charge in [-0.25, -0.2) is 9.97 Å². The summed E-state index contributed by atoms with van der Waals surface area (Å²) >= 11 is 5.90. The van der Waals surface area contributed by atoms with Gasteiger partial charge in [0.15, 0.2) is 5.82 Å². The van der Waals surface area contributed by atoms with E-state index in [0.29, 0.717) is 16.5 Å². The molecule has 0 saturated carbocycles. The third kappa shape index (κ3) is 2.62. The molecule has 0 unspecified atom stereocenters. The van der Waals surface area contributed by atoms with Gasteiger partial charge in [0.2, 0.25) is 0 Å². The van der Waals surface area contributed by atoms with Crippen LogP contribution in [-0.4, -0.2) is 14.9 Å². The lowest BCUT2D eigenvalue weighted by atomic mass is 10.2. The first-order chi connectivity index (χ1) is 8.60. The van der Waals surface area contributed by atoms with E-state index in [1.807, 2.05) is 6.92 Å². The second-order valence-corrected chi connectivity index (χ2v) is 4.05. The summed E-state index contributed by atoms with van der Waals surface area (Å²) in [4.78, 5) is 18.7. The molecule has 0 spiro atoms. The zero-order valence-corrected chi connectivity index (χ0v) is 10.4. The summed E-state index contributed by atoms with van der Waals surface area (Å²) in [5, 5.41) is 11.0. The minimum atomic E-state index is -0.450. The molecular weight excluding hydrogens is 254 g/mol. The Kier molecular flexibility index (Phi) is 3.53. The van der Waals surface area contributed by atoms with E-state index in [4.69, 9.17) is 11.6 Å². The van der Waals surface area contributed by atoms with E-state index in [1.165, 1.54) is 12.1 Å². The molecule has 1 aromatic heterocycles. The molecule has 5 nitrogen and oxygen atoms in total. The third-order valence-corrected chi connectivity index (χ3v) is 2.62. The van der Waals surface area contributed by atoms with Gasteiger partial charge < -0.3 is 0 Å². The Hall–Kier alpha value is -2.01. The number of nitro groups is 1. The number of aryl methyl sites for hydroxylation is 1. The van der Waals surface area contributed by atoms with Gasteiger partial charge in [0, 0.05) is 23.4 Å². The summed E-state index contributed by atoms with van der Waals surface area (Å²) in [6.07, 6.45) is 0.726. The number of hydrogen-bond donors (Lipinski definition) is 0. The molecule has 0 fully saturated rings.